The molecule has 0 atom stereocenters. The number of ether oxygens (including phenoxy) is 1. The second kappa shape index (κ2) is 7.63. The van der Waals surface area contributed by atoms with Crippen LogP contribution in [0.1, 0.15) is 12.0 Å². The van der Waals surface area contributed by atoms with E-state index in [1.807, 2.05) is 0 Å². The van der Waals surface area contributed by atoms with Crippen LogP contribution < -0.4 is 5.32 Å². The highest BCUT2D eigenvalue weighted by molar-refractivity contribution is 5.55. The van der Waals surface area contributed by atoms with Crippen LogP contribution in [0.5, 0.6) is 0 Å². The summed E-state index contributed by atoms with van der Waals surface area (Å²) < 4.78 is 5.11. The molecule has 0 unspecified atom stereocenters. The van der Waals surface area contributed by atoms with Crippen LogP contribution >= 0.6 is 0 Å². The third-order valence-electron chi connectivity index (χ3n) is 1.96. The average Bonchev–Trinajstić information content (AvgIpc) is 2.34. The molecule has 86 valence electrons. The van der Waals surface area contributed by atoms with E-state index in [0.717, 1.165) is 12.1 Å². The van der Waals surface area contributed by atoms with Crippen molar-refractivity contribution in [3.8, 4) is 6.07 Å². The first-order valence-electron chi connectivity index (χ1n) is 5.15. The number of rotatable bonds is 7. The first-order valence-corrected chi connectivity index (χ1v) is 5.15. The number of anilines is 1. The molecule has 0 fully saturated rings. The van der Waals surface area contributed by atoms with E-state index in [0.29, 0.717) is 25.3 Å². The van der Waals surface area contributed by atoms with E-state index in [-0.39, 0.29) is 6.61 Å². The summed E-state index contributed by atoms with van der Waals surface area (Å²) in [5.41, 5.74) is 1.33. The van der Waals surface area contributed by atoms with Gasteiger partial charge in [-0.25, -0.2) is 0 Å². The summed E-state index contributed by atoms with van der Waals surface area (Å²) in [5.74, 6) is 0. The zero-order valence-electron chi connectivity index (χ0n) is 9.02. The molecule has 0 saturated heterocycles. The molecule has 1 aromatic heterocycles. The van der Waals surface area contributed by atoms with Crippen LogP contribution in [0.3, 0.4) is 0 Å². The summed E-state index contributed by atoms with van der Waals surface area (Å²) >= 11 is 0. The van der Waals surface area contributed by atoms with E-state index in [4.69, 9.17) is 15.1 Å². The Morgan fingerprint density at radius 3 is 3.12 bits per heavy atom. The van der Waals surface area contributed by atoms with Crippen LogP contribution in [0, 0.1) is 11.3 Å². The lowest BCUT2D eigenvalue weighted by Gasteiger charge is -2.07. The lowest BCUT2D eigenvalue weighted by atomic mass is 10.2. The molecule has 0 saturated carbocycles. The monoisotopic (exact) mass is 221 g/mol. The Bertz CT molecular complexity index is 349. The van der Waals surface area contributed by atoms with Gasteiger partial charge in [0.05, 0.1) is 30.7 Å². The van der Waals surface area contributed by atoms with Crippen LogP contribution in [0.4, 0.5) is 5.69 Å². The number of pyridine rings is 1. The smallest absolute Gasteiger partial charge is 0.101 e. The minimum absolute atomic E-state index is 0.0502. The van der Waals surface area contributed by atoms with Gasteiger partial charge in [-0.2, -0.15) is 5.26 Å². The maximum Gasteiger partial charge on any atom is 0.101 e. The molecule has 0 bridgehead atoms. The Morgan fingerprint density at radius 2 is 2.38 bits per heavy atom. The predicted molar refractivity (Wildman–Crippen MR) is 60.0 cm³/mol. The third-order valence-corrected chi connectivity index (χ3v) is 1.96. The van der Waals surface area contributed by atoms with Gasteiger partial charge in [0.25, 0.3) is 0 Å². The van der Waals surface area contributed by atoms with Gasteiger partial charge in [-0.05, 0) is 12.5 Å². The number of nitrogens with one attached hydrogen (secondary N) is 1. The SMILES string of the molecule is N#Cc1ccncc1NCCCOCCO. The minimum Gasteiger partial charge on any atom is -0.394 e. The van der Waals surface area contributed by atoms with Crippen molar-refractivity contribution in [2.45, 2.75) is 6.42 Å². The fraction of sp³-hybridized carbons (Fsp3) is 0.455. The molecule has 2 N–H and O–H groups in total. The Hall–Kier alpha value is -1.64. The maximum atomic E-state index is 8.82. The number of hydrogen-bond acceptors (Lipinski definition) is 5. The van der Waals surface area contributed by atoms with Gasteiger partial charge < -0.3 is 15.2 Å². The minimum atomic E-state index is 0.0502. The van der Waals surface area contributed by atoms with Gasteiger partial charge in [-0.1, -0.05) is 0 Å². The van der Waals surface area contributed by atoms with E-state index >= 15 is 0 Å². The average molecular weight is 221 g/mol. The van der Waals surface area contributed by atoms with Crippen molar-refractivity contribution in [2.75, 3.05) is 31.7 Å². The molecular formula is C11H15N3O2. The molecule has 0 aliphatic rings. The van der Waals surface area contributed by atoms with Gasteiger partial charge >= 0.3 is 0 Å². The third kappa shape index (κ3) is 4.26. The largest absolute Gasteiger partial charge is 0.394 e. The lowest BCUT2D eigenvalue weighted by Crippen LogP contribution is -2.08. The van der Waals surface area contributed by atoms with Crippen LogP contribution in [-0.4, -0.2) is 36.5 Å². The van der Waals surface area contributed by atoms with Gasteiger partial charge in [0.15, 0.2) is 0 Å². The fourth-order valence-electron chi connectivity index (χ4n) is 1.20. The van der Waals surface area contributed by atoms with Crippen LogP contribution in [0.25, 0.3) is 0 Å². The zero-order valence-corrected chi connectivity index (χ0v) is 9.02. The van der Waals surface area contributed by atoms with Crippen LogP contribution in [-0.2, 0) is 4.74 Å². The molecule has 0 aromatic carbocycles. The zero-order chi connectivity index (χ0) is 11.6. The van der Waals surface area contributed by atoms with Gasteiger partial charge in [0.2, 0.25) is 0 Å². The highest BCUT2D eigenvalue weighted by Gasteiger charge is 1.99. The summed E-state index contributed by atoms with van der Waals surface area (Å²) in [6, 6.07) is 3.76. The van der Waals surface area contributed by atoms with Crippen LogP contribution in [0.2, 0.25) is 0 Å². The second-order valence-electron chi connectivity index (χ2n) is 3.15. The van der Waals surface area contributed by atoms with E-state index in [1.165, 1.54) is 0 Å². The summed E-state index contributed by atoms with van der Waals surface area (Å²) in [7, 11) is 0. The van der Waals surface area contributed by atoms with E-state index in [1.54, 1.807) is 18.5 Å². The first kappa shape index (κ1) is 12.4. The molecule has 0 radical (unpaired) electrons. The van der Waals surface area contributed by atoms with Gasteiger partial charge in [-0.3, -0.25) is 4.98 Å². The van der Waals surface area contributed by atoms with E-state index in [9.17, 15) is 0 Å². The number of nitriles is 1. The summed E-state index contributed by atoms with van der Waals surface area (Å²) in [6.45, 7) is 1.73. The molecule has 0 aliphatic heterocycles. The number of aromatic nitrogens is 1. The van der Waals surface area contributed by atoms with Crippen molar-refractivity contribution >= 4 is 5.69 Å². The quantitative estimate of drug-likeness (QED) is 0.665. The van der Waals surface area contributed by atoms with Crippen molar-refractivity contribution < 1.29 is 9.84 Å². The van der Waals surface area contributed by atoms with E-state index < -0.39 is 0 Å². The van der Waals surface area contributed by atoms with Gasteiger partial charge in [0, 0.05) is 19.3 Å². The van der Waals surface area contributed by atoms with Crippen molar-refractivity contribution in [1.82, 2.24) is 4.98 Å². The topological polar surface area (TPSA) is 78.2 Å². The highest BCUT2D eigenvalue weighted by atomic mass is 16.5. The first-order chi connectivity index (χ1) is 7.88. The Balaban J connectivity index is 2.24. The molecule has 1 rings (SSSR count). The molecule has 5 heteroatoms. The number of aliphatic hydroxyl groups excluding tert-OH is 1. The van der Waals surface area contributed by atoms with Crippen molar-refractivity contribution in [1.29, 1.82) is 5.26 Å². The molecular weight excluding hydrogens is 206 g/mol. The predicted octanol–water partition coefficient (Wildman–Crippen LogP) is 0.764. The highest BCUT2D eigenvalue weighted by Crippen LogP contribution is 2.11. The summed E-state index contributed by atoms with van der Waals surface area (Å²) in [6.07, 6.45) is 4.04. The van der Waals surface area contributed by atoms with Crippen molar-refractivity contribution in [3.05, 3.63) is 24.0 Å². The number of hydrogen-bond donors (Lipinski definition) is 2. The van der Waals surface area contributed by atoms with E-state index in [2.05, 4.69) is 16.4 Å². The molecule has 0 amide bonds. The summed E-state index contributed by atoms with van der Waals surface area (Å²) in [5, 5.41) is 20.4. The number of aliphatic hydroxyl groups is 1. The van der Waals surface area contributed by atoms with Gasteiger partial charge in [0.1, 0.15) is 6.07 Å². The standard InChI is InChI=1S/C11H15N3O2/c12-8-10-2-4-13-9-11(10)14-3-1-6-16-7-5-15/h2,4,9,14-15H,1,3,5-7H2. The molecule has 1 aromatic rings. The second-order valence-corrected chi connectivity index (χ2v) is 3.15. The molecule has 0 spiro atoms. The Labute approximate surface area is 94.7 Å². The molecule has 16 heavy (non-hydrogen) atoms. The number of nitrogens with zero attached hydrogens (tertiary/aromatic N) is 2. The van der Waals surface area contributed by atoms with Crippen molar-refractivity contribution in [3.63, 3.8) is 0 Å². The lowest BCUT2D eigenvalue weighted by molar-refractivity contribution is 0.0922. The molecule has 5 nitrogen and oxygen atoms in total. The van der Waals surface area contributed by atoms with Gasteiger partial charge in [-0.15, -0.1) is 0 Å². The van der Waals surface area contributed by atoms with Crippen LogP contribution in [0.15, 0.2) is 18.5 Å². The summed E-state index contributed by atoms with van der Waals surface area (Å²) in [4.78, 5) is 3.94. The maximum absolute atomic E-state index is 8.82. The molecule has 0 aliphatic carbocycles. The molecule has 1 heterocycles. The van der Waals surface area contributed by atoms with Crippen molar-refractivity contribution in [2.24, 2.45) is 0 Å². The Kier molecular flexibility index (Phi) is 5.92. The Morgan fingerprint density at radius 1 is 1.50 bits per heavy atom. The normalized spacial score (nSPS) is 9.75. The fourth-order valence-corrected chi connectivity index (χ4v) is 1.20.